The second kappa shape index (κ2) is 2.38. The molecule has 56 valence electrons. The maximum atomic E-state index is 3.53. The van der Waals surface area contributed by atoms with E-state index in [2.05, 4.69) is 46.0 Å². The molecule has 0 fully saturated rings. The number of benzene rings is 1. The summed E-state index contributed by atoms with van der Waals surface area (Å²) >= 11 is 3.53. The summed E-state index contributed by atoms with van der Waals surface area (Å²) < 4.78 is 1.17. The minimum absolute atomic E-state index is 1.17. The molecule has 0 bridgehead atoms. The highest BCUT2D eigenvalue weighted by atomic mass is 79.9. The molecule has 0 spiro atoms. The Morgan fingerprint density at radius 3 is 2.91 bits per heavy atom. The van der Waals surface area contributed by atoms with Gasteiger partial charge in [-0.15, -0.1) is 0 Å². The predicted molar refractivity (Wildman–Crippen MR) is 50.7 cm³/mol. The Morgan fingerprint density at radius 2 is 2.09 bits per heavy atom. The Hall–Kier alpha value is -0.760. The van der Waals surface area contributed by atoms with Crippen molar-refractivity contribution >= 4 is 26.8 Å². The summed E-state index contributed by atoms with van der Waals surface area (Å²) in [6.07, 6.45) is 1.95. The molecule has 1 heterocycles. The van der Waals surface area contributed by atoms with E-state index in [-0.39, 0.29) is 0 Å². The van der Waals surface area contributed by atoms with Crippen molar-refractivity contribution in [3.05, 3.63) is 34.4 Å². The zero-order valence-corrected chi connectivity index (χ0v) is 7.77. The zero-order valence-electron chi connectivity index (χ0n) is 6.19. The number of aryl methyl sites for hydroxylation is 1. The van der Waals surface area contributed by atoms with Crippen LogP contribution in [0, 0.1) is 6.92 Å². The lowest BCUT2D eigenvalue weighted by atomic mass is 10.2. The first-order valence-electron chi connectivity index (χ1n) is 3.51. The molecule has 0 aliphatic heterocycles. The van der Waals surface area contributed by atoms with Gasteiger partial charge in [0, 0.05) is 16.1 Å². The molecule has 1 aromatic carbocycles. The van der Waals surface area contributed by atoms with Crippen molar-refractivity contribution in [1.29, 1.82) is 0 Å². The molecule has 0 unspecified atom stereocenters. The highest BCUT2D eigenvalue weighted by molar-refractivity contribution is 9.10. The summed E-state index contributed by atoms with van der Waals surface area (Å²) in [5.41, 5.74) is 2.45. The van der Waals surface area contributed by atoms with Gasteiger partial charge >= 0.3 is 0 Å². The predicted octanol–water partition coefficient (Wildman–Crippen LogP) is 3.24. The van der Waals surface area contributed by atoms with Gasteiger partial charge in [0.1, 0.15) is 0 Å². The summed E-state index contributed by atoms with van der Waals surface area (Å²) in [6.45, 7) is 2.09. The van der Waals surface area contributed by atoms with E-state index in [0.29, 0.717) is 0 Å². The molecule has 0 saturated heterocycles. The molecule has 0 radical (unpaired) electrons. The molecule has 2 heteroatoms. The first-order valence-corrected chi connectivity index (χ1v) is 4.30. The molecule has 0 aliphatic rings. The Labute approximate surface area is 73.6 Å². The standard InChI is InChI=1S/C9H8BrN/c1-6-2-3-7-4-5-11-9(7)8(6)10/h2-5,11H,1H3. The van der Waals surface area contributed by atoms with E-state index in [9.17, 15) is 0 Å². The fourth-order valence-electron chi connectivity index (χ4n) is 1.20. The van der Waals surface area contributed by atoms with Crippen molar-refractivity contribution in [2.75, 3.05) is 0 Å². The van der Waals surface area contributed by atoms with Crippen molar-refractivity contribution in [1.82, 2.24) is 4.98 Å². The minimum atomic E-state index is 1.17. The molecule has 1 aromatic heterocycles. The van der Waals surface area contributed by atoms with Crippen molar-refractivity contribution in [3.63, 3.8) is 0 Å². The lowest BCUT2D eigenvalue weighted by molar-refractivity contribution is 1.41. The molecule has 1 nitrogen and oxygen atoms in total. The minimum Gasteiger partial charge on any atom is -0.360 e. The van der Waals surface area contributed by atoms with E-state index in [1.807, 2.05) is 6.20 Å². The van der Waals surface area contributed by atoms with E-state index < -0.39 is 0 Å². The molecule has 2 aromatic rings. The number of nitrogens with one attached hydrogen (secondary N) is 1. The van der Waals surface area contributed by atoms with Crippen molar-refractivity contribution in [2.45, 2.75) is 6.92 Å². The fourth-order valence-corrected chi connectivity index (χ4v) is 1.67. The number of fused-ring (bicyclic) bond motifs is 1. The molecule has 0 amide bonds. The molecule has 11 heavy (non-hydrogen) atoms. The van der Waals surface area contributed by atoms with Gasteiger partial charge in [-0.2, -0.15) is 0 Å². The molecule has 0 aliphatic carbocycles. The smallest absolute Gasteiger partial charge is 0.0601 e. The third kappa shape index (κ3) is 0.979. The van der Waals surface area contributed by atoms with Crippen molar-refractivity contribution in [2.24, 2.45) is 0 Å². The van der Waals surface area contributed by atoms with Gasteiger partial charge in [-0.25, -0.2) is 0 Å². The van der Waals surface area contributed by atoms with Crippen LogP contribution in [0.5, 0.6) is 0 Å². The van der Waals surface area contributed by atoms with Gasteiger partial charge in [0.2, 0.25) is 0 Å². The highest BCUT2D eigenvalue weighted by Gasteiger charge is 2.00. The van der Waals surface area contributed by atoms with Gasteiger partial charge < -0.3 is 4.98 Å². The maximum Gasteiger partial charge on any atom is 0.0601 e. The quantitative estimate of drug-likeness (QED) is 0.686. The van der Waals surface area contributed by atoms with Gasteiger partial charge in [-0.05, 0) is 34.5 Å². The summed E-state index contributed by atoms with van der Waals surface area (Å²) in [5.74, 6) is 0. The third-order valence-electron chi connectivity index (χ3n) is 1.86. The van der Waals surface area contributed by atoms with E-state index in [1.54, 1.807) is 0 Å². The van der Waals surface area contributed by atoms with Crippen LogP contribution in [0.15, 0.2) is 28.9 Å². The molecule has 0 atom stereocenters. The Bertz CT molecular complexity index is 389. The van der Waals surface area contributed by atoms with Gasteiger partial charge in [0.25, 0.3) is 0 Å². The summed E-state index contributed by atoms with van der Waals surface area (Å²) in [7, 11) is 0. The van der Waals surface area contributed by atoms with Crippen LogP contribution in [0.3, 0.4) is 0 Å². The van der Waals surface area contributed by atoms with E-state index in [4.69, 9.17) is 0 Å². The van der Waals surface area contributed by atoms with Crippen LogP contribution in [0.1, 0.15) is 5.56 Å². The number of hydrogen-bond donors (Lipinski definition) is 1. The first kappa shape index (κ1) is 6.92. The molecule has 0 saturated carbocycles. The van der Waals surface area contributed by atoms with E-state index in [0.717, 1.165) is 0 Å². The summed E-state index contributed by atoms with van der Waals surface area (Å²) in [4.78, 5) is 3.18. The van der Waals surface area contributed by atoms with Crippen LogP contribution in [0.4, 0.5) is 0 Å². The van der Waals surface area contributed by atoms with E-state index in [1.165, 1.54) is 20.9 Å². The SMILES string of the molecule is Cc1ccc2cc[nH]c2c1Br. The summed E-state index contributed by atoms with van der Waals surface area (Å²) in [5, 5.41) is 1.25. The van der Waals surface area contributed by atoms with Crippen LogP contribution in [-0.4, -0.2) is 4.98 Å². The number of hydrogen-bond acceptors (Lipinski definition) is 0. The number of rotatable bonds is 0. The molecule has 2 rings (SSSR count). The van der Waals surface area contributed by atoms with Gasteiger partial charge in [-0.1, -0.05) is 12.1 Å². The highest BCUT2D eigenvalue weighted by Crippen LogP contribution is 2.25. The topological polar surface area (TPSA) is 15.8 Å². The molecular formula is C9H8BrN. The number of aromatic nitrogens is 1. The van der Waals surface area contributed by atoms with Gasteiger partial charge in [-0.3, -0.25) is 0 Å². The van der Waals surface area contributed by atoms with Crippen LogP contribution < -0.4 is 0 Å². The average Bonchev–Trinajstić information content (AvgIpc) is 2.45. The maximum absolute atomic E-state index is 3.53. The van der Waals surface area contributed by atoms with Gasteiger partial charge in [0.15, 0.2) is 0 Å². The van der Waals surface area contributed by atoms with Crippen LogP contribution in [0.25, 0.3) is 10.9 Å². The van der Waals surface area contributed by atoms with Crippen LogP contribution >= 0.6 is 15.9 Å². The second-order valence-electron chi connectivity index (χ2n) is 2.64. The average molecular weight is 210 g/mol. The second-order valence-corrected chi connectivity index (χ2v) is 3.43. The zero-order chi connectivity index (χ0) is 7.84. The lowest BCUT2D eigenvalue weighted by Gasteiger charge is -1.97. The molecular weight excluding hydrogens is 202 g/mol. The Morgan fingerprint density at radius 1 is 1.27 bits per heavy atom. The molecule has 1 N–H and O–H groups in total. The fraction of sp³-hybridized carbons (Fsp3) is 0.111. The lowest BCUT2D eigenvalue weighted by Crippen LogP contribution is -1.76. The Kier molecular flexibility index (Phi) is 1.50. The number of aromatic amines is 1. The number of H-pyrrole nitrogens is 1. The largest absolute Gasteiger partial charge is 0.360 e. The van der Waals surface area contributed by atoms with Crippen LogP contribution in [0.2, 0.25) is 0 Å². The van der Waals surface area contributed by atoms with Gasteiger partial charge in [0.05, 0.1) is 5.52 Å². The van der Waals surface area contributed by atoms with Crippen molar-refractivity contribution in [3.8, 4) is 0 Å². The van der Waals surface area contributed by atoms with E-state index >= 15 is 0 Å². The monoisotopic (exact) mass is 209 g/mol. The Balaban J connectivity index is 2.93. The number of halogens is 1. The van der Waals surface area contributed by atoms with Crippen molar-refractivity contribution < 1.29 is 0 Å². The third-order valence-corrected chi connectivity index (χ3v) is 2.88. The summed E-state index contributed by atoms with van der Waals surface area (Å²) in [6, 6.07) is 6.30. The first-order chi connectivity index (χ1) is 5.29. The van der Waals surface area contributed by atoms with Crippen LogP contribution in [-0.2, 0) is 0 Å². The normalized spacial score (nSPS) is 10.7.